The summed E-state index contributed by atoms with van der Waals surface area (Å²) in [5.74, 6) is 0.224. The molecule has 0 unspecified atom stereocenters. The van der Waals surface area contributed by atoms with Gasteiger partial charge in [-0.15, -0.1) is 0 Å². The van der Waals surface area contributed by atoms with Crippen molar-refractivity contribution in [2.24, 2.45) is 0 Å². The number of carbonyl (C=O) groups is 1. The van der Waals surface area contributed by atoms with Gasteiger partial charge in [-0.25, -0.2) is 8.42 Å². The van der Waals surface area contributed by atoms with Crippen LogP contribution in [-0.2, 0) is 21.2 Å². The summed E-state index contributed by atoms with van der Waals surface area (Å²) in [6, 6.07) is 20.7. The van der Waals surface area contributed by atoms with Gasteiger partial charge in [0.15, 0.2) is 6.61 Å². The lowest BCUT2D eigenvalue weighted by atomic mass is 10.1. The zero-order chi connectivity index (χ0) is 22.4. The van der Waals surface area contributed by atoms with Crippen LogP contribution in [0.25, 0.3) is 0 Å². The van der Waals surface area contributed by atoms with E-state index >= 15 is 0 Å². The molecule has 0 heterocycles. The maximum absolute atomic E-state index is 12.7. The van der Waals surface area contributed by atoms with E-state index in [0.29, 0.717) is 11.4 Å². The Morgan fingerprint density at radius 1 is 0.968 bits per heavy atom. The van der Waals surface area contributed by atoms with Crippen LogP contribution in [0.2, 0.25) is 0 Å². The average molecular weight is 439 g/mol. The largest absolute Gasteiger partial charge is 0.484 e. The van der Waals surface area contributed by atoms with Gasteiger partial charge in [0, 0.05) is 12.7 Å². The van der Waals surface area contributed by atoms with Gasteiger partial charge < -0.3 is 10.1 Å². The van der Waals surface area contributed by atoms with Crippen molar-refractivity contribution >= 4 is 27.3 Å². The standard InChI is InChI=1S/C24H26N2O4S/c1-4-19-10-8-9-18(2)24(19)25-23(27)17-30-21-15-13-20(14-16-21)26(3)31(28,29)22-11-6-5-7-12-22/h5-16H,4,17H2,1-3H3,(H,25,27). The van der Waals surface area contributed by atoms with Crippen LogP contribution in [0.4, 0.5) is 11.4 Å². The second-order valence-corrected chi connectivity index (χ2v) is 9.05. The lowest BCUT2D eigenvalue weighted by Crippen LogP contribution is -2.26. The molecular weight excluding hydrogens is 412 g/mol. The molecule has 0 fully saturated rings. The van der Waals surface area contributed by atoms with E-state index in [1.54, 1.807) is 54.6 Å². The van der Waals surface area contributed by atoms with E-state index in [9.17, 15) is 13.2 Å². The Bertz CT molecular complexity index is 1140. The summed E-state index contributed by atoms with van der Waals surface area (Å²) >= 11 is 0. The van der Waals surface area contributed by atoms with Gasteiger partial charge in [0.25, 0.3) is 15.9 Å². The molecule has 162 valence electrons. The van der Waals surface area contributed by atoms with E-state index in [4.69, 9.17) is 4.74 Å². The predicted octanol–water partition coefficient (Wildman–Crippen LogP) is 4.40. The molecule has 0 saturated carbocycles. The molecule has 0 spiro atoms. The smallest absolute Gasteiger partial charge is 0.264 e. The fraction of sp³-hybridized carbons (Fsp3) is 0.208. The Kier molecular flexibility index (Phi) is 6.97. The number of hydrogen-bond acceptors (Lipinski definition) is 4. The zero-order valence-electron chi connectivity index (χ0n) is 17.8. The molecule has 0 aliphatic rings. The monoisotopic (exact) mass is 438 g/mol. The van der Waals surface area contributed by atoms with Crippen molar-refractivity contribution in [3.8, 4) is 5.75 Å². The molecule has 0 atom stereocenters. The molecule has 1 N–H and O–H groups in total. The summed E-state index contributed by atoms with van der Waals surface area (Å²) < 4.78 is 32.2. The Labute approximate surface area is 183 Å². The quantitative estimate of drug-likeness (QED) is 0.566. The summed E-state index contributed by atoms with van der Waals surface area (Å²) in [6.45, 7) is 3.85. The van der Waals surface area contributed by atoms with Gasteiger partial charge >= 0.3 is 0 Å². The second kappa shape index (κ2) is 9.66. The third kappa shape index (κ3) is 5.24. The minimum atomic E-state index is -3.65. The lowest BCUT2D eigenvalue weighted by Gasteiger charge is -2.20. The van der Waals surface area contributed by atoms with Crippen LogP contribution < -0.4 is 14.4 Å². The molecule has 3 aromatic rings. The number of nitrogens with zero attached hydrogens (tertiary/aromatic N) is 1. The van der Waals surface area contributed by atoms with Crippen molar-refractivity contribution in [1.29, 1.82) is 0 Å². The van der Waals surface area contributed by atoms with Crippen molar-refractivity contribution in [2.75, 3.05) is 23.3 Å². The number of hydrogen-bond donors (Lipinski definition) is 1. The SMILES string of the molecule is CCc1cccc(C)c1NC(=O)COc1ccc(N(C)S(=O)(=O)c2ccccc2)cc1. The van der Waals surface area contributed by atoms with E-state index in [2.05, 4.69) is 5.32 Å². The summed E-state index contributed by atoms with van der Waals surface area (Å²) in [6.07, 6.45) is 0.818. The molecule has 0 aliphatic carbocycles. The third-order valence-electron chi connectivity index (χ3n) is 4.98. The van der Waals surface area contributed by atoms with Crippen LogP contribution in [0.5, 0.6) is 5.75 Å². The van der Waals surface area contributed by atoms with Gasteiger partial charge in [0.2, 0.25) is 0 Å². The summed E-state index contributed by atoms with van der Waals surface area (Å²) in [7, 11) is -2.15. The van der Waals surface area contributed by atoms with Crippen molar-refractivity contribution < 1.29 is 17.9 Å². The Balaban J connectivity index is 1.63. The van der Waals surface area contributed by atoms with Gasteiger partial charge in [-0.3, -0.25) is 9.10 Å². The van der Waals surface area contributed by atoms with Crippen LogP contribution in [0, 0.1) is 6.92 Å². The molecule has 1 amide bonds. The first-order valence-electron chi connectivity index (χ1n) is 9.98. The van der Waals surface area contributed by atoms with Gasteiger partial charge in [0.05, 0.1) is 10.6 Å². The minimum absolute atomic E-state index is 0.144. The van der Waals surface area contributed by atoms with E-state index in [1.807, 2.05) is 32.0 Å². The number of sulfonamides is 1. The highest BCUT2D eigenvalue weighted by atomic mass is 32.2. The minimum Gasteiger partial charge on any atom is -0.484 e. The molecule has 31 heavy (non-hydrogen) atoms. The summed E-state index contributed by atoms with van der Waals surface area (Å²) in [5, 5.41) is 2.92. The molecule has 0 saturated heterocycles. The Morgan fingerprint density at radius 2 is 1.65 bits per heavy atom. The number of para-hydroxylation sites is 1. The first-order chi connectivity index (χ1) is 14.8. The second-order valence-electron chi connectivity index (χ2n) is 7.08. The van der Waals surface area contributed by atoms with Gasteiger partial charge in [-0.1, -0.05) is 43.3 Å². The van der Waals surface area contributed by atoms with Crippen LogP contribution in [-0.4, -0.2) is 28.0 Å². The lowest BCUT2D eigenvalue weighted by molar-refractivity contribution is -0.118. The van der Waals surface area contributed by atoms with E-state index < -0.39 is 10.0 Å². The molecule has 0 aromatic heterocycles. The fourth-order valence-corrected chi connectivity index (χ4v) is 4.38. The zero-order valence-corrected chi connectivity index (χ0v) is 18.6. The molecule has 6 nitrogen and oxygen atoms in total. The number of ether oxygens (including phenoxy) is 1. The van der Waals surface area contributed by atoms with Crippen LogP contribution >= 0.6 is 0 Å². The van der Waals surface area contributed by atoms with E-state index in [-0.39, 0.29) is 17.4 Å². The topological polar surface area (TPSA) is 75.7 Å². The molecule has 7 heteroatoms. The van der Waals surface area contributed by atoms with Crippen molar-refractivity contribution in [3.05, 3.63) is 83.9 Å². The first kappa shape index (κ1) is 22.4. The molecule has 3 aromatic carbocycles. The number of nitrogens with one attached hydrogen (secondary N) is 1. The number of benzene rings is 3. The number of anilines is 2. The van der Waals surface area contributed by atoms with Gasteiger partial charge in [0.1, 0.15) is 5.75 Å². The van der Waals surface area contributed by atoms with Crippen molar-refractivity contribution in [2.45, 2.75) is 25.2 Å². The van der Waals surface area contributed by atoms with Gasteiger partial charge in [-0.2, -0.15) is 0 Å². The summed E-state index contributed by atoms with van der Waals surface area (Å²) in [4.78, 5) is 12.6. The maximum Gasteiger partial charge on any atom is 0.264 e. The third-order valence-corrected chi connectivity index (χ3v) is 6.78. The van der Waals surface area contributed by atoms with Crippen LogP contribution in [0.3, 0.4) is 0 Å². The fourth-order valence-electron chi connectivity index (χ4n) is 3.17. The number of carbonyl (C=O) groups excluding carboxylic acids is 1. The highest BCUT2D eigenvalue weighted by Gasteiger charge is 2.20. The van der Waals surface area contributed by atoms with Crippen molar-refractivity contribution in [1.82, 2.24) is 0 Å². The molecule has 0 aliphatic heterocycles. The predicted molar refractivity (Wildman–Crippen MR) is 123 cm³/mol. The summed E-state index contributed by atoms with van der Waals surface area (Å²) in [5.41, 5.74) is 3.38. The molecule has 0 radical (unpaired) electrons. The van der Waals surface area contributed by atoms with Crippen LogP contribution in [0.1, 0.15) is 18.1 Å². The number of rotatable bonds is 8. The molecule has 3 rings (SSSR count). The van der Waals surface area contributed by atoms with E-state index in [1.165, 1.54) is 11.4 Å². The average Bonchev–Trinajstić information content (AvgIpc) is 2.79. The molecular formula is C24H26N2O4S. The highest BCUT2D eigenvalue weighted by Crippen LogP contribution is 2.25. The normalized spacial score (nSPS) is 11.1. The van der Waals surface area contributed by atoms with Crippen LogP contribution in [0.15, 0.2) is 77.7 Å². The van der Waals surface area contributed by atoms with Crippen molar-refractivity contribution in [3.63, 3.8) is 0 Å². The Hall–Kier alpha value is -3.32. The molecule has 0 bridgehead atoms. The first-order valence-corrected chi connectivity index (χ1v) is 11.4. The highest BCUT2D eigenvalue weighted by molar-refractivity contribution is 7.92. The van der Waals surface area contributed by atoms with E-state index in [0.717, 1.165) is 23.2 Å². The maximum atomic E-state index is 12.7. The Morgan fingerprint density at radius 3 is 2.29 bits per heavy atom. The van der Waals surface area contributed by atoms with Gasteiger partial charge in [-0.05, 0) is 60.9 Å². The number of aryl methyl sites for hydroxylation is 2. The number of amides is 1.